The molecule has 0 aromatic rings. The monoisotopic (exact) mass is 416 g/mol. The van der Waals surface area contributed by atoms with E-state index in [4.69, 9.17) is 14.2 Å². The molecule has 164 valence electrons. The number of carbonyl (C=O) groups excluding carboxylic acids is 3. The van der Waals surface area contributed by atoms with E-state index in [1.807, 2.05) is 0 Å². The molecule has 0 spiro atoms. The number of carbonyl (C=O) groups is 3. The summed E-state index contributed by atoms with van der Waals surface area (Å²) >= 11 is 0. The largest absolute Gasteiger partial charge is 0.465 e. The first kappa shape index (κ1) is 21.1. The highest BCUT2D eigenvalue weighted by Crippen LogP contribution is 2.66. The van der Waals surface area contributed by atoms with Crippen LogP contribution < -0.4 is 0 Å². The molecule has 6 heteroatoms. The second-order valence-corrected chi connectivity index (χ2v) is 10.00. The molecule has 8 atom stereocenters. The van der Waals surface area contributed by atoms with Crippen LogP contribution in [0.15, 0.2) is 24.3 Å². The van der Waals surface area contributed by atoms with Gasteiger partial charge in [0.1, 0.15) is 18.8 Å². The molecule has 4 rings (SSSR count). The zero-order valence-corrected chi connectivity index (χ0v) is 18.3. The number of hydrogen-bond donors (Lipinski definition) is 0. The number of allylic oxidation sites excluding steroid dienone is 2. The fourth-order valence-electron chi connectivity index (χ4n) is 7.18. The number of fused-ring (bicyclic) bond motifs is 2. The van der Waals surface area contributed by atoms with Crippen molar-refractivity contribution in [3.05, 3.63) is 24.3 Å². The van der Waals surface area contributed by atoms with Crippen molar-refractivity contribution in [3.8, 4) is 0 Å². The maximum Gasteiger partial charge on any atom is 0.314 e. The smallest absolute Gasteiger partial charge is 0.314 e. The van der Waals surface area contributed by atoms with E-state index in [1.165, 1.54) is 13.8 Å². The first-order valence-electron chi connectivity index (χ1n) is 11.0. The quantitative estimate of drug-likeness (QED) is 0.515. The average molecular weight is 417 g/mol. The Kier molecular flexibility index (Phi) is 5.10. The summed E-state index contributed by atoms with van der Waals surface area (Å²) in [5, 5.41) is 0. The lowest BCUT2D eigenvalue weighted by molar-refractivity contribution is -0.210. The van der Waals surface area contributed by atoms with Crippen molar-refractivity contribution in [2.24, 2.45) is 34.5 Å². The lowest BCUT2D eigenvalue weighted by Gasteiger charge is -2.62. The second kappa shape index (κ2) is 7.24. The molecule has 0 bridgehead atoms. The van der Waals surface area contributed by atoms with Gasteiger partial charge < -0.3 is 14.2 Å². The summed E-state index contributed by atoms with van der Waals surface area (Å²) in [5.41, 5.74) is 0.381. The minimum Gasteiger partial charge on any atom is -0.465 e. The normalized spacial score (nSPS) is 44.1. The Hall–Kier alpha value is -2.11. The van der Waals surface area contributed by atoms with Crippen molar-refractivity contribution in [2.75, 3.05) is 6.61 Å². The van der Waals surface area contributed by atoms with Crippen LogP contribution in [0.5, 0.6) is 0 Å². The van der Waals surface area contributed by atoms with Crippen LogP contribution in [0.3, 0.4) is 0 Å². The molecular weight excluding hydrogens is 384 g/mol. The average Bonchev–Trinajstić information content (AvgIpc) is 3.02. The number of ether oxygens (including phenoxy) is 3. The van der Waals surface area contributed by atoms with E-state index in [0.29, 0.717) is 6.42 Å². The molecule has 1 heterocycles. The number of esters is 3. The van der Waals surface area contributed by atoms with Gasteiger partial charge in [-0.1, -0.05) is 32.6 Å². The maximum atomic E-state index is 12.8. The fraction of sp³-hybridized carbons (Fsp3) is 0.708. The summed E-state index contributed by atoms with van der Waals surface area (Å²) in [5.74, 6) is -0.510. The molecular formula is C24H32O6. The van der Waals surface area contributed by atoms with E-state index in [0.717, 1.165) is 24.8 Å². The van der Waals surface area contributed by atoms with E-state index >= 15 is 0 Å². The Morgan fingerprint density at radius 1 is 1.30 bits per heavy atom. The molecule has 4 aliphatic rings. The standard InChI is InChI=1S/C24H32O6/c1-6-15-7-8-16-21-17(30-22(27)20(15)21)11-18-23(16,4)10-9-19(29-14(3)26)24(18,5)12-28-13(2)25/h6-7,16-21H,1,8-12H2,2-5H3/t16-,17-,18-,19-,20+,21+,23-,24-/m0/s1. The van der Waals surface area contributed by atoms with Gasteiger partial charge in [-0.2, -0.15) is 0 Å². The molecule has 2 saturated carbocycles. The SMILES string of the molecule is C=CC1=CC[C@H]2[C@H]3[C@@H]1C(=O)O[C@H]3C[C@@H]1[C@](C)(COC(C)=O)[C@@H](OC(C)=O)CC[C@]12C. The van der Waals surface area contributed by atoms with Crippen LogP contribution in [0.4, 0.5) is 0 Å². The molecule has 0 amide bonds. The van der Waals surface area contributed by atoms with Gasteiger partial charge >= 0.3 is 17.9 Å². The number of rotatable bonds is 4. The van der Waals surface area contributed by atoms with E-state index in [1.54, 1.807) is 6.08 Å². The van der Waals surface area contributed by atoms with Crippen LogP contribution in [-0.2, 0) is 28.6 Å². The van der Waals surface area contributed by atoms with Crippen LogP contribution in [0, 0.1) is 34.5 Å². The molecule has 0 N–H and O–H groups in total. The van der Waals surface area contributed by atoms with Gasteiger partial charge in [-0.3, -0.25) is 14.4 Å². The van der Waals surface area contributed by atoms with Crippen LogP contribution in [0.25, 0.3) is 0 Å². The Morgan fingerprint density at radius 3 is 2.67 bits per heavy atom. The topological polar surface area (TPSA) is 78.9 Å². The molecule has 3 fully saturated rings. The van der Waals surface area contributed by atoms with Crippen molar-refractivity contribution in [2.45, 2.75) is 65.6 Å². The molecule has 0 radical (unpaired) electrons. The molecule has 6 nitrogen and oxygen atoms in total. The predicted octanol–water partition coefficient (Wildman–Crippen LogP) is 3.60. The van der Waals surface area contributed by atoms with Crippen LogP contribution in [-0.4, -0.2) is 36.7 Å². The van der Waals surface area contributed by atoms with Crippen LogP contribution in [0.2, 0.25) is 0 Å². The van der Waals surface area contributed by atoms with Crippen molar-refractivity contribution < 1.29 is 28.6 Å². The van der Waals surface area contributed by atoms with Crippen molar-refractivity contribution in [1.82, 2.24) is 0 Å². The molecule has 0 aromatic carbocycles. The lowest BCUT2D eigenvalue weighted by atomic mass is 9.43. The molecule has 0 aromatic heterocycles. The van der Waals surface area contributed by atoms with Crippen LogP contribution >= 0.6 is 0 Å². The highest BCUT2D eigenvalue weighted by Gasteiger charge is 2.67. The first-order chi connectivity index (χ1) is 14.1. The van der Waals surface area contributed by atoms with Gasteiger partial charge in [0, 0.05) is 25.2 Å². The summed E-state index contributed by atoms with van der Waals surface area (Å²) in [6.45, 7) is 11.3. The highest BCUT2D eigenvalue weighted by atomic mass is 16.6. The summed E-state index contributed by atoms with van der Waals surface area (Å²) in [7, 11) is 0. The summed E-state index contributed by atoms with van der Waals surface area (Å²) in [4.78, 5) is 36.2. The molecule has 30 heavy (non-hydrogen) atoms. The van der Waals surface area contributed by atoms with Gasteiger partial charge in [0.25, 0.3) is 0 Å². The second-order valence-electron chi connectivity index (χ2n) is 10.00. The van der Waals surface area contributed by atoms with Crippen LogP contribution in [0.1, 0.15) is 53.4 Å². The van der Waals surface area contributed by atoms with Crippen molar-refractivity contribution in [3.63, 3.8) is 0 Å². The Morgan fingerprint density at radius 2 is 2.03 bits per heavy atom. The third kappa shape index (κ3) is 3.02. The zero-order chi connectivity index (χ0) is 21.8. The summed E-state index contributed by atoms with van der Waals surface area (Å²) in [6, 6.07) is 0. The summed E-state index contributed by atoms with van der Waals surface area (Å²) < 4.78 is 17.1. The van der Waals surface area contributed by atoms with E-state index in [9.17, 15) is 14.4 Å². The Labute approximate surface area is 178 Å². The van der Waals surface area contributed by atoms with Gasteiger partial charge in [0.2, 0.25) is 0 Å². The fourth-order valence-corrected chi connectivity index (χ4v) is 7.18. The zero-order valence-electron chi connectivity index (χ0n) is 18.3. The predicted molar refractivity (Wildman–Crippen MR) is 109 cm³/mol. The summed E-state index contributed by atoms with van der Waals surface area (Å²) in [6.07, 6.45) is 6.64. The minimum absolute atomic E-state index is 0.0673. The van der Waals surface area contributed by atoms with E-state index in [2.05, 4.69) is 26.5 Å². The van der Waals surface area contributed by atoms with Gasteiger partial charge in [-0.05, 0) is 48.5 Å². The number of hydrogen-bond acceptors (Lipinski definition) is 6. The van der Waals surface area contributed by atoms with Gasteiger partial charge in [-0.25, -0.2) is 0 Å². The Balaban J connectivity index is 1.75. The third-order valence-corrected chi connectivity index (χ3v) is 8.49. The highest BCUT2D eigenvalue weighted by molar-refractivity contribution is 5.80. The first-order valence-corrected chi connectivity index (χ1v) is 11.0. The Bertz CT molecular complexity index is 815. The third-order valence-electron chi connectivity index (χ3n) is 8.49. The van der Waals surface area contributed by atoms with Crippen molar-refractivity contribution >= 4 is 17.9 Å². The van der Waals surface area contributed by atoms with Crippen molar-refractivity contribution in [1.29, 1.82) is 0 Å². The van der Waals surface area contributed by atoms with Gasteiger partial charge in [-0.15, -0.1) is 0 Å². The molecule has 1 aliphatic heterocycles. The maximum absolute atomic E-state index is 12.8. The lowest BCUT2D eigenvalue weighted by Crippen LogP contribution is -2.62. The molecule has 3 aliphatic carbocycles. The van der Waals surface area contributed by atoms with E-state index < -0.39 is 5.41 Å². The van der Waals surface area contributed by atoms with E-state index in [-0.39, 0.29) is 65.8 Å². The molecule has 0 unspecified atom stereocenters. The van der Waals surface area contributed by atoms with Gasteiger partial charge in [0.05, 0.1) is 5.92 Å². The van der Waals surface area contributed by atoms with Gasteiger partial charge in [0.15, 0.2) is 0 Å². The molecule has 1 saturated heterocycles. The minimum atomic E-state index is -0.539.